The van der Waals surface area contributed by atoms with E-state index in [0.717, 1.165) is 37.3 Å². The molecule has 0 heterocycles. The van der Waals surface area contributed by atoms with Crippen LogP contribution in [0.3, 0.4) is 0 Å². The van der Waals surface area contributed by atoms with Gasteiger partial charge in [-0.15, -0.1) is 19.8 Å². The lowest BCUT2D eigenvalue weighted by atomic mass is 9.78. The summed E-state index contributed by atoms with van der Waals surface area (Å²) in [7, 11) is 0. The first kappa shape index (κ1) is 17.7. The van der Waals surface area contributed by atoms with Crippen LogP contribution in [0.15, 0.2) is 36.9 Å². The predicted molar refractivity (Wildman–Crippen MR) is 85.4 cm³/mol. The van der Waals surface area contributed by atoms with E-state index in [1.165, 1.54) is 6.07 Å². The molecule has 0 saturated heterocycles. The van der Waals surface area contributed by atoms with Crippen LogP contribution in [-0.4, -0.2) is 6.36 Å². The van der Waals surface area contributed by atoms with Crippen LogP contribution >= 0.6 is 0 Å². The van der Waals surface area contributed by atoms with Gasteiger partial charge in [0, 0.05) is 5.39 Å². The Kier molecular flexibility index (Phi) is 4.71. The van der Waals surface area contributed by atoms with Crippen LogP contribution in [0.1, 0.15) is 37.2 Å². The number of allylic oxidation sites excluding steroid dienone is 1. The van der Waals surface area contributed by atoms with E-state index in [0.29, 0.717) is 5.92 Å². The molecule has 25 heavy (non-hydrogen) atoms. The summed E-state index contributed by atoms with van der Waals surface area (Å²) >= 11 is 0. The predicted octanol–water partition coefficient (Wildman–Crippen LogP) is 6.48. The van der Waals surface area contributed by atoms with E-state index in [-0.39, 0.29) is 16.7 Å². The van der Waals surface area contributed by atoms with Crippen molar-refractivity contribution in [2.75, 3.05) is 0 Å². The quantitative estimate of drug-likeness (QED) is 0.452. The van der Waals surface area contributed by atoms with Gasteiger partial charge >= 0.3 is 6.36 Å². The van der Waals surface area contributed by atoms with Gasteiger partial charge in [0.05, 0.1) is 0 Å². The Bertz CT molecular complexity index is 788. The smallest absolute Gasteiger partial charge is 0.399 e. The summed E-state index contributed by atoms with van der Waals surface area (Å²) in [6, 6.07) is 5.62. The average Bonchev–Trinajstić information content (AvgIpc) is 2.57. The number of halogens is 5. The maximum Gasteiger partial charge on any atom is 0.573 e. The van der Waals surface area contributed by atoms with Gasteiger partial charge in [-0.05, 0) is 54.5 Å². The van der Waals surface area contributed by atoms with Crippen LogP contribution in [0.25, 0.3) is 10.8 Å². The molecule has 0 amide bonds. The number of benzene rings is 2. The van der Waals surface area contributed by atoms with Gasteiger partial charge in [0.1, 0.15) is 0 Å². The average molecular weight is 356 g/mol. The normalized spacial score (nSPS) is 21.3. The first-order valence-electron chi connectivity index (χ1n) is 8.08. The number of ether oxygens (including phenoxy) is 1. The fourth-order valence-electron chi connectivity index (χ4n) is 3.48. The lowest BCUT2D eigenvalue weighted by Crippen LogP contribution is -2.19. The Balaban J connectivity index is 1.94. The minimum atomic E-state index is -5.15. The summed E-state index contributed by atoms with van der Waals surface area (Å²) in [6.07, 6.45) is 0.702. The minimum absolute atomic E-state index is 0.0934. The molecular weight excluding hydrogens is 339 g/mol. The summed E-state index contributed by atoms with van der Waals surface area (Å²) in [4.78, 5) is 0. The molecule has 0 unspecified atom stereocenters. The first-order valence-corrected chi connectivity index (χ1v) is 8.08. The molecule has 1 aliphatic rings. The van der Waals surface area contributed by atoms with E-state index in [9.17, 15) is 22.0 Å². The number of rotatable bonds is 3. The molecule has 0 bridgehead atoms. The molecule has 1 nitrogen and oxygen atoms in total. The van der Waals surface area contributed by atoms with Crippen LogP contribution in [0.2, 0.25) is 0 Å². The van der Waals surface area contributed by atoms with Gasteiger partial charge in [0.25, 0.3) is 0 Å². The molecule has 0 radical (unpaired) electrons. The van der Waals surface area contributed by atoms with Crippen LogP contribution in [0.5, 0.6) is 5.75 Å². The lowest BCUT2D eigenvalue weighted by Gasteiger charge is -2.27. The largest absolute Gasteiger partial charge is 0.573 e. The number of hydrogen-bond acceptors (Lipinski definition) is 1. The van der Waals surface area contributed by atoms with Crippen LogP contribution < -0.4 is 4.74 Å². The second-order valence-electron chi connectivity index (χ2n) is 6.38. The third-order valence-electron chi connectivity index (χ3n) is 4.80. The SMILES string of the molecule is C=C[C@H]1CC[C@H](c2ccc3c(F)c(OC(F)(F)F)c(F)cc3c2)CC1. The van der Waals surface area contributed by atoms with Crippen molar-refractivity contribution in [3.8, 4) is 5.75 Å². The summed E-state index contributed by atoms with van der Waals surface area (Å²) in [6.45, 7) is 3.80. The standard InChI is InChI=1S/C19H17F5O/c1-2-11-3-5-12(6-4-11)13-7-8-15-14(9-13)10-16(20)18(17(15)21)25-19(22,23)24/h2,7-12H,1,3-6H2/t11-,12-. The molecule has 3 rings (SSSR count). The molecule has 0 aliphatic heterocycles. The second-order valence-corrected chi connectivity index (χ2v) is 6.38. The summed E-state index contributed by atoms with van der Waals surface area (Å²) in [5.74, 6) is -3.35. The molecule has 2 aromatic rings. The topological polar surface area (TPSA) is 9.23 Å². The van der Waals surface area contributed by atoms with Crippen molar-refractivity contribution in [2.45, 2.75) is 38.0 Å². The van der Waals surface area contributed by atoms with Crippen LogP contribution in [0, 0.1) is 17.6 Å². The van der Waals surface area contributed by atoms with Crippen LogP contribution in [0.4, 0.5) is 22.0 Å². The zero-order chi connectivity index (χ0) is 18.2. The summed E-state index contributed by atoms with van der Waals surface area (Å²) in [5, 5.41) is 0.136. The molecule has 1 aliphatic carbocycles. The Hall–Kier alpha value is -2.11. The summed E-state index contributed by atoms with van der Waals surface area (Å²) in [5.41, 5.74) is 0.943. The zero-order valence-electron chi connectivity index (χ0n) is 13.4. The maximum absolute atomic E-state index is 14.3. The van der Waals surface area contributed by atoms with E-state index in [1.807, 2.05) is 6.08 Å². The molecule has 134 valence electrons. The van der Waals surface area contributed by atoms with Crippen molar-refractivity contribution >= 4 is 10.8 Å². The Labute approximate surface area is 142 Å². The van der Waals surface area contributed by atoms with E-state index in [1.54, 1.807) is 12.1 Å². The third-order valence-corrected chi connectivity index (χ3v) is 4.80. The first-order chi connectivity index (χ1) is 11.8. The molecule has 1 fully saturated rings. The number of fused-ring (bicyclic) bond motifs is 1. The molecule has 0 spiro atoms. The van der Waals surface area contributed by atoms with Gasteiger partial charge in [-0.3, -0.25) is 0 Å². The Morgan fingerprint density at radius 3 is 2.32 bits per heavy atom. The molecule has 1 saturated carbocycles. The van der Waals surface area contributed by atoms with Gasteiger partial charge in [-0.2, -0.15) is 0 Å². The molecule has 0 aromatic heterocycles. The van der Waals surface area contributed by atoms with E-state index >= 15 is 0 Å². The number of hydrogen-bond donors (Lipinski definition) is 0. The highest BCUT2D eigenvalue weighted by Gasteiger charge is 2.34. The van der Waals surface area contributed by atoms with Crippen molar-refractivity contribution in [2.24, 2.45) is 5.92 Å². The number of alkyl halides is 3. The fourth-order valence-corrected chi connectivity index (χ4v) is 3.48. The van der Waals surface area contributed by atoms with Crippen molar-refractivity contribution in [1.82, 2.24) is 0 Å². The molecule has 6 heteroatoms. The highest BCUT2D eigenvalue weighted by atomic mass is 19.4. The van der Waals surface area contributed by atoms with Crippen molar-refractivity contribution < 1.29 is 26.7 Å². The molecule has 2 aromatic carbocycles. The highest BCUT2D eigenvalue weighted by Crippen LogP contribution is 2.39. The fraction of sp³-hybridized carbons (Fsp3) is 0.368. The van der Waals surface area contributed by atoms with E-state index in [4.69, 9.17) is 0 Å². The van der Waals surface area contributed by atoms with Crippen molar-refractivity contribution in [1.29, 1.82) is 0 Å². The monoisotopic (exact) mass is 356 g/mol. The molecule has 0 atom stereocenters. The maximum atomic E-state index is 14.3. The van der Waals surface area contributed by atoms with E-state index in [2.05, 4.69) is 11.3 Å². The van der Waals surface area contributed by atoms with Crippen molar-refractivity contribution in [3.63, 3.8) is 0 Å². The van der Waals surface area contributed by atoms with Gasteiger partial charge in [0.15, 0.2) is 11.6 Å². The van der Waals surface area contributed by atoms with Crippen LogP contribution in [-0.2, 0) is 0 Å². The van der Waals surface area contributed by atoms with Gasteiger partial charge < -0.3 is 4.74 Å². The summed E-state index contributed by atoms with van der Waals surface area (Å²) < 4.78 is 68.6. The highest BCUT2D eigenvalue weighted by molar-refractivity contribution is 5.85. The Morgan fingerprint density at radius 1 is 1.04 bits per heavy atom. The molecule has 0 N–H and O–H groups in total. The zero-order valence-corrected chi connectivity index (χ0v) is 13.4. The Morgan fingerprint density at radius 2 is 1.72 bits per heavy atom. The third kappa shape index (κ3) is 3.78. The van der Waals surface area contributed by atoms with Gasteiger partial charge in [-0.1, -0.05) is 24.3 Å². The lowest BCUT2D eigenvalue weighted by molar-refractivity contribution is -0.276. The van der Waals surface area contributed by atoms with Gasteiger partial charge in [0.2, 0.25) is 5.75 Å². The molecular formula is C19H17F5O. The van der Waals surface area contributed by atoms with Crippen molar-refractivity contribution in [3.05, 3.63) is 54.1 Å². The minimum Gasteiger partial charge on any atom is -0.399 e. The van der Waals surface area contributed by atoms with Gasteiger partial charge in [-0.25, -0.2) is 8.78 Å². The second kappa shape index (κ2) is 6.65. The van der Waals surface area contributed by atoms with E-state index < -0.39 is 23.7 Å².